The van der Waals surface area contributed by atoms with E-state index in [1.54, 1.807) is 6.92 Å². The Hall–Kier alpha value is -0.510. The van der Waals surface area contributed by atoms with E-state index in [-0.39, 0.29) is 6.54 Å². The Labute approximate surface area is 78.1 Å². The lowest BCUT2D eigenvalue weighted by Crippen LogP contribution is -2.26. The summed E-state index contributed by atoms with van der Waals surface area (Å²) in [5.74, 6) is -1.06. The second-order valence-corrected chi connectivity index (χ2v) is 4.03. The zero-order chi connectivity index (χ0) is 10.4. The largest absolute Gasteiger partial charge is 0.509 e. The number of nitrogens with two attached hydrogens (primary N) is 1. The predicted molar refractivity (Wildman–Crippen MR) is 48.5 cm³/mol. The van der Waals surface area contributed by atoms with E-state index >= 15 is 0 Å². The molecule has 76 valence electrons. The molecule has 0 aromatic carbocycles. The van der Waals surface area contributed by atoms with Crippen LogP contribution in [-0.4, -0.2) is 30.2 Å². The van der Waals surface area contributed by atoms with Gasteiger partial charge in [-0.2, -0.15) is 4.89 Å². The second-order valence-electron chi connectivity index (χ2n) is 2.76. The molecule has 0 aromatic rings. The van der Waals surface area contributed by atoms with E-state index in [0.29, 0.717) is 6.42 Å². The average molecular weight is 208 g/mol. The highest BCUT2D eigenvalue weighted by Crippen LogP contribution is 2.31. The fourth-order valence-electron chi connectivity index (χ4n) is 1.07. The summed E-state index contributed by atoms with van der Waals surface area (Å²) in [6.07, 6.45) is 0.349. The molecule has 13 heavy (non-hydrogen) atoms. The average Bonchev–Trinajstić information content (AvgIpc) is 2.11. The van der Waals surface area contributed by atoms with Gasteiger partial charge in [-0.1, -0.05) is 0 Å². The Kier molecular flexibility index (Phi) is 5.79. The maximum atomic E-state index is 11.0. The lowest BCUT2D eigenvalue weighted by molar-refractivity contribution is -0.144. The van der Waals surface area contributed by atoms with E-state index in [1.165, 1.54) is 7.11 Å². The van der Waals surface area contributed by atoms with Crippen LogP contribution in [0.4, 0.5) is 0 Å². The highest BCUT2D eigenvalue weighted by Gasteiger charge is 2.38. The molecule has 0 rings (SSSR count). The fraction of sp³-hybridized carbons (Fsp3) is 0.857. The summed E-state index contributed by atoms with van der Waals surface area (Å²) in [5, 5.41) is 0. The van der Waals surface area contributed by atoms with Gasteiger partial charge in [0.05, 0.1) is 7.11 Å². The van der Waals surface area contributed by atoms with Crippen molar-refractivity contribution in [3.63, 3.8) is 0 Å². The van der Waals surface area contributed by atoms with E-state index in [0.717, 1.165) is 0 Å². The van der Waals surface area contributed by atoms with Crippen LogP contribution in [-0.2, 0) is 14.1 Å². The number of methoxy groups -OCH3 is 1. The molecule has 0 saturated carbocycles. The Morgan fingerprint density at radius 1 is 1.69 bits per heavy atom. The summed E-state index contributed by atoms with van der Waals surface area (Å²) in [6.45, 7) is 1.85. The first-order valence-corrected chi connectivity index (χ1v) is 5.25. The van der Waals surface area contributed by atoms with Gasteiger partial charge in [0.25, 0.3) is 0 Å². The third kappa shape index (κ3) is 3.81. The molecule has 0 bridgehead atoms. The van der Waals surface area contributed by atoms with E-state index < -0.39 is 25.6 Å². The number of hydrogen-bond donors (Lipinski definition) is 2. The number of carbonyl (C=O) groups excluding carboxylic acids is 1. The van der Waals surface area contributed by atoms with Gasteiger partial charge in [-0.25, -0.2) is 0 Å². The van der Waals surface area contributed by atoms with Crippen LogP contribution in [0.15, 0.2) is 0 Å². The summed E-state index contributed by atoms with van der Waals surface area (Å²) in [4.78, 5) is 19.9. The second kappa shape index (κ2) is 6.02. The maximum Gasteiger partial charge on any atom is 0.509 e. The number of ether oxygens (including phenoxy) is 1. The van der Waals surface area contributed by atoms with Gasteiger partial charge in [0.1, 0.15) is 5.92 Å². The zero-order valence-corrected chi connectivity index (χ0v) is 8.66. The minimum atomic E-state index is -2.38. The molecule has 3 atom stereocenters. The predicted octanol–water partition coefficient (Wildman–Crippen LogP) is 0.248. The number of carbonyl (C=O) groups is 1. The van der Waals surface area contributed by atoms with Crippen LogP contribution in [0.3, 0.4) is 0 Å². The number of rotatable bonds is 5. The summed E-state index contributed by atoms with van der Waals surface area (Å²) in [5.41, 5.74) is 4.65. The molecule has 0 fully saturated rings. The minimum absolute atomic E-state index is 0.285. The van der Waals surface area contributed by atoms with Gasteiger partial charge in [0, 0.05) is 6.42 Å². The van der Waals surface area contributed by atoms with Crippen LogP contribution in [0.2, 0.25) is 0 Å². The first-order chi connectivity index (χ1) is 6.04. The van der Waals surface area contributed by atoms with Crippen LogP contribution in [0.1, 0.15) is 13.3 Å². The van der Waals surface area contributed by atoms with Crippen LogP contribution in [0.5, 0.6) is 0 Å². The lowest BCUT2D eigenvalue weighted by Gasteiger charge is -2.10. The molecule has 0 aliphatic rings. The maximum absolute atomic E-state index is 11.0. The van der Waals surface area contributed by atoms with Crippen LogP contribution in [0, 0.1) is 5.92 Å². The molecule has 0 aromatic heterocycles. The molecule has 6 heteroatoms. The fourth-order valence-corrected chi connectivity index (χ4v) is 1.94. The molecule has 5 nitrogen and oxygen atoms in total. The Morgan fingerprint density at radius 2 is 2.23 bits per heavy atom. The summed E-state index contributed by atoms with van der Waals surface area (Å²) < 4.78 is 15.3. The van der Waals surface area contributed by atoms with E-state index in [2.05, 4.69) is 4.74 Å². The van der Waals surface area contributed by atoms with Crippen molar-refractivity contribution in [1.29, 1.82) is 0 Å². The normalized spacial score (nSPS) is 16.2. The molecular formula is C7H15NO4P+. The molecule has 0 spiro atoms. The molecule has 3 unspecified atom stereocenters. The zero-order valence-electron chi connectivity index (χ0n) is 7.77. The Bertz CT molecular complexity index is 197. The van der Waals surface area contributed by atoms with Crippen molar-refractivity contribution in [2.24, 2.45) is 11.7 Å². The van der Waals surface area contributed by atoms with Gasteiger partial charge in [0.15, 0.2) is 0 Å². The van der Waals surface area contributed by atoms with E-state index in [1.807, 2.05) is 0 Å². The molecule has 0 saturated heterocycles. The lowest BCUT2D eigenvalue weighted by atomic mass is 10.1. The van der Waals surface area contributed by atoms with E-state index in [9.17, 15) is 9.36 Å². The van der Waals surface area contributed by atoms with Crippen molar-refractivity contribution in [3.8, 4) is 0 Å². The molecule has 0 amide bonds. The highest BCUT2D eigenvalue weighted by molar-refractivity contribution is 7.39. The van der Waals surface area contributed by atoms with Crippen molar-refractivity contribution in [2.45, 2.75) is 19.0 Å². The third-order valence-electron chi connectivity index (χ3n) is 1.90. The van der Waals surface area contributed by atoms with Crippen molar-refractivity contribution < 1.29 is 19.0 Å². The topological polar surface area (TPSA) is 89.6 Å². The van der Waals surface area contributed by atoms with Crippen LogP contribution < -0.4 is 5.73 Å². The van der Waals surface area contributed by atoms with Crippen molar-refractivity contribution in [3.05, 3.63) is 0 Å². The number of hydrogen-bond acceptors (Lipinski definition) is 4. The van der Waals surface area contributed by atoms with Gasteiger partial charge < -0.3 is 10.5 Å². The standard InChI is InChI=1S/C7H14NO4P/c1-5(7(9)12-2)6(3-4-8)13(10)11/h5-6H,3-4,8H2,1-2H3/p+1. The number of esters is 1. The third-order valence-corrected chi connectivity index (χ3v) is 3.17. The quantitative estimate of drug-likeness (QED) is 0.499. The SMILES string of the molecule is COC(=O)C(C)C(CCN)[P+](=O)O. The summed E-state index contributed by atoms with van der Waals surface area (Å²) in [6, 6.07) is 0. The highest BCUT2D eigenvalue weighted by atomic mass is 31.1. The van der Waals surface area contributed by atoms with Crippen molar-refractivity contribution in [1.82, 2.24) is 0 Å². The minimum Gasteiger partial charge on any atom is -0.469 e. The Balaban J connectivity index is 4.35. The first kappa shape index (κ1) is 12.5. The molecule has 3 N–H and O–H groups in total. The monoisotopic (exact) mass is 208 g/mol. The van der Waals surface area contributed by atoms with Gasteiger partial charge in [-0.05, 0) is 18.0 Å². The Morgan fingerprint density at radius 3 is 2.54 bits per heavy atom. The van der Waals surface area contributed by atoms with Gasteiger partial charge in [-0.15, -0.1) is 0 Å². The van der Waals surface area contributed by atoms with Gasteiger partial charge >= 0.3 is 14.0 Å². The molecular weight excluding hydrogens is 193 g/mol. The molecule has 0 radical (unpaired) electrons. The van der Waals surface area contributed by atoms with Crippen molar-refractivity contribution in [2.75, 3.05) is 13.7 Å². The van der Waals surface area contributed by atoms with Crippen LogP contribution in [0.25, 0.3) is 0 Å². The van der Waals surface area contributed by atoms with Gasteiger partial charge in [0.2, 0.25) is 5.66 Å². The van der Waals surface area contributed by atoms with Crippen molar-refractivity contribution >= 4 is 14.0 Å². The smallest absolute Gasteiger partial charge is 0.469 e. The van der Waals surface area contributed by atoms with Crippen LogP contribution >= 0.6 is 8.03 Å². The summed E-state index contributed by atoms with van der Waals surface area (Å²) in [7, 11) is -1.13. The first-order valence-electron chi connectivity index (χ1n) is 3.97. The molecule has 0 aliphatic carbocycles. The van der Waals surface area contributed by atoms with Gasteiger partial charge in [-0.3, -0.25) is 4.79 Å². The van der Waals surface area contributed by atoms with E-state index in [4.69, 9.17) is 10.6 Å². The molecule has 0 aliphatic heterocycles. The molecule has 0 heterocycles. The summed E-state index contributed by atoms with van der Waals surface area (Å²) >= 11 is 0.